The van der Waals surface area contributed by atoms with E-state index in [0.717, 1.165) is 0 Å². The van der Waals surface area contributed by atoms with Gasteiger partial charge in [0, 0.05) is 12.7 Å². The zero-order valence-corrected chi connectivity index (χ0v) is 9.86. The van der Waals surface area contributed by atoms with E-state index < -0.39 is 0 Å². The molecule has 0 aliphatic heterocycles. The third kappa shape index (κ3) is 2.77. The Kier molecular flexibility index (Phi) is 4.25. The van der Waals surface area contributed by atoms with Crippen LogP contribution in [0.4, 0.5) is 0 Å². The fourth-order valence-electron chi connectivity index (χ4n) is 1.13. The average molecular weight is 268 g/mol. The lowest BCUT2D eigenvalue weighted by Gasteiger charge is -2.17. The van der Waals surface area contributed by atoms with Gasteiger partial charge in [-0.25, -0.2) is 4.98 Å². The molecule has 1 amide bonds. The van der Waals surface area contributed by atoms with Gasteiger partial charge in [0.2, 0.25) is 0 Å². The summed E-state index contributed by atoms with van der Waals surface area (Å²) in [7, 11) is 0. The number of carbonyl (C=O) groups is 1. The summed E-state index contributed by atoms with van der Waals surface area (Å²) in [5.41, 5.74) is 0.481. The first-order valence-corrected chi connectivity index (χ1v) is 5.26. The second-order valence-electron chi connectivity index (χ2n) is 2.82. The summed E-state index contributed by atoms with van der Waals surface area (Å²) in [6.45, 7) is 2.43. The lowest BCUT2D eigenvalue weighted by atomic mass is 10.2. The Balaban J connectivity index is 2.94. The Bertz CT molecular complexity index is 400. The molecule has 1 aromatic rings. The minimum Gasteiger partial charge on any atom is -0.326 e. The molecule has 0 saturated carbocycles. The normalized spacial score (nSPS) is 9.40. The number of amides is 1. The van der Waals surface area contributed by atoms with Crippen molar-refractivity contribution in [2.45, 2.75) is 6.92 Å². The van der Waals surface area contributed by atoms with Crippen LogP contribution in [0.5, 0.6) is 0 Å². The molecule has 0 bridgehead atoms. The molecule has 0 fully saturated rings. The van der Waals surface area contributed by atoms with Crippen LogP contribution in [0.15, 0.2) is 22.9 Å². The predicted octanol–water partition coefficient (Wildman–Crippen LogP) is 1.83. The molecule has 1 aromatic heterocycles. The molecule has 0 N–H and O–H groups in total. The van der Waals surface area contributed by atoms with E-state index in [1.807, 2.05) is 13.0 Å². The molecule has 0 aliphatic rings. The highest BCUT2D eigenvalue weighted by Crippen LogP contribution is 2.14. The lowest BCUT2D eigenvalue weighted by Crippen LogP contribution is -2.31. The molecular formula is C10H10BrN3O. The van der Waals surface area contributed by atoms with Gasteiger partial charge < -0.3 is 4.90 Å². The fourth-order valence-corrected chi connectivity index (χ4v) is 1.55. The first kappa shape index (κ1) is 11.7. The molecule has 15 heavy (non-hydrogen) atoms. The fraction of sp³-hybridized carbons (Fsp3) is 0.300. The number of rotatable bonds is 3. The van der Waals surface area contributed by atoms with Crippen molar-refractivity contribution in [2.75, 3.05) is 13.1 Å². The van der Waals surface area contributed by atoms with Crippen molar-refractivity contribution < 1.29 is 4.79 Å². The van der Waals surface area contributed by atoms with Gasteiger partial charge in [-0.3, -0.25) is 4.79 Å². The third-order valence-corrected chi connectivity index (χ3v) is 2.55. The molecule has 78 valence electrons. The van der Waals surface area contributed by atoms with Gasteiger partial charge >= 0.3 is 0 Å². The highest BCUT2D eigenvalue weighted by molar-refractivity contribution is 9.10. The van der Waals surface area contributed by atoms with Crippen molar-refractivity contribution in [3.63, 3.8) is 0 Å². The van der Waals surface area contributed by atoms with E-state index in [0.29, 0.717) is 16.7 Å². The predicted molar refractivity (Wildman–Crippen MR) is 59.1 cm³/mol. The zero-order chi connectivity index (χ0) is 11.3. The number of halogens is 1. The number of carbonyl (C=O) groups excluding carboxylic acids is 1. The second kappa shape index (κ2) is 5.47. The number of hydrogen-bond donors (Lipinski definition) is 0. The van der Waals surface area contributed by atoms with Crippen LogP contribution in [0.2, 0.25) is 0 Å². The summed E-state index contributed by atoms with van der Waals surface area (Å²) in [6.07, 6.45) is 1.60. The molecule has 0 spiro atoms. The van der Waals surface area contributed by atoms with Crippen LogP contribution in [0.3, 0.4) is 0 Å². The highest BCUT2D eigenvalue weighted by atomic mass is 79.9. The van der Waals surface area contributed by atoms with Gasteiger partial charge in [-0.05, 0) is 35.0 Å². The van der Waals surface area contributed by atoms with E-state index in [1.165, 1.54) is 4.90 Å². The topological polar surface area (TPSA) is 57.0 Å². The Morgan fingerprint density at radius 3 is 3.00 bits per heavy atom. The minimum absolute atomic E-state index is 0.0939. The monoisotopic (exact) mass is 267 g/mol. The summed E-state index contributed by atoms with van der Waals surface area (Å²) < 4.78 is 0.506. The van der Waals surface area contributed by atoms with Crippen molar-refractivity contribution in [3.8, 4) is 6.07 Å². The van der Waals surface area contributed by atoms with Crippen molar-refractivity contribution in [2.24, 2.45) is 0 Å². The zero-order valence-electron chi connectivity index (χ0n) is 8.27. The molecule has 0 atom stereocenters. The summed E-state index contributed by atoms with van der Waals surface area (Å²) in [5, 5.41) is 8.56. The number of pyridine rings is 1. The molecule has 0 radical (unpaired) electrons. The smallest absolute Gasteiger partial charge is 0.257 e. The van der Waals surface area contributed by atoms with E-state index >= 15 is 0 Å². The lowest BCUT2D eigenvalue weighted by molar-refractivity contribution is 0.0783. The first-order valence-electron chi connectivity index (χ1n) is 4.47. The molecule has 1 heterocycles. The Morgan fingerprint density at radius 1 is 1.73 bits per heavy atom. The van der Waals surface area contributed by atoms with E-state index in [2.05, 4.69) is 20.9 Å². The molecule has 1 rings (SSSR count). The number of nitrogens with zero attached hydrogens (tertiary/aromatic N) is 3. The molecular weight excluding hydrogens is 258 g/mol. The van der Waals surface area contributed by atoms with Gasteiger partial charge in [0.15, 0.2) is 0 Å². The maximum absolute atomic E-state index is 11.9. The van der Waals surface area contributed by atoms with E-state index in [9.17, 15) is 4.79 Å². The number of aromatic nitrogens is 1. The van der Waals surface area contributed by atoms with Gasteiger partial charge in [0.05, 0.1) is 11.6 Å². The Morgan fingerprint density at radius 2 is 2.47 bits per heavy atom. The number of hydrogen-bond acceptors (Lipinski definition) is 3. The second-order valence-corrected chi connectivity index (χ2v) is 3.57. The maximum atomic E-state index is 11.9. The first-order chi connectivity index (χ1) is 7.20. The van der Waals surface area contributed by atoms with Crippen LogP contribution in [-0.4, -0.2) is 28.9 Å². The van der Waals surface area contributed by atoms with Crippen LogP contribution in [-0.2, 0) is 0 Å². The maximum Gasteiger partial charge on any atom is 0.257 e. The van der Waals surface area contributed by atoms with Crippen molar-refractivity contribution in [3.05, 3.63) is 28.5 Å². The summed E-state index contributed by atoms with van der Waals surface area (Å²) in [4.78, 5) is 17.3. The molecule has 0 aliphatic carbocycles. The van der Waals surface area contributed by atoms with Gasteiger partial charge in [-0.1, -0.05) is 0 Å². The highest BCUT2D eigenvalue weighted by Gasteiger charge is 2.16. The van der Waals surface area contributed by atoms with Crippen LogP contribution in [0, 0.1) is 11.3 Å². The van der Waals surface area contributed by atoms with E-state index in [4.69, 9.17) is 5.26 Å². The van der Waals surface area contributed by atoms with Crippen molar-refractivity contribution >= 4 is 21.8 Å². The van der Waals surface area contributed by atoms with Crippen LogP contribution >= 0.6 is 15.9 Å². The molecule has 0 aromatic carbocycles. The average Bonchev–Trinajstić information content (AvgIpc) is 2.25. The largest absolute Gasteiger partial charge is 0.326 e. The van der Waals surface area contributed by atoms with E-state index in [1.54, 1.807) is 18.3 Å². The third-order valence-electron chi connectivity index (χ3n) is 1.92. The Hall–Kier alpha value is -1.41. The Labute approximate surface area is 96.7 Å². The van der Waals surface area contributed by atoms with Crippen LogP contribution in [0.1, 0.15) is 17.3 Å². The van der Waals surface area contributed by atoms with Gasteiger partial charge in [-0.2, -0.15) is 5.26 Å². The van der Waals surface area contributed by atoms with E-state index in [-0.39, 0.29) is 12.5 Å². The van der Waals surface area contributed by atoms with Gasteiger partial charge in [0.25, 0.3) is 5.91 Å². The molecule has 0 saturated heterocycles. The summed E-state index contributed by atoms with van der Waals surface area (Å²) in [6, 6.07) is 5.33. The van der Waals surface area contributed by atoms with Gasteiger partial charge in [0.1, 0.15) is 11.1 Å². The quantitative estimate of drug-likeness (QED) is 0.620. The van der Waals surface area contributed by atoms with Crippen LogP contribution in [0.25, 0.3) is 0 Å². The summed E-state index contributed by atoms with van der Waals surface area (Å²) >= 11 is 3.20. The molecule has 5 heteroatoms. The summed E-state index contributed by atoms with van der Waals surface area (Å²) in [5.74, 6) is -0.181. The SMILES string of the molecule is CCN(CC#N)C(=O)c1cccnc1Br. The van der Waals surface area contributed by atoms with Crippen molar-refractivity contribution in [1.82, 2.24) is 9.88 Å². The van der Waals surface area contributed by atoms with Crippen molar-refractivity contribution in [1.29, 1.82) is 5.26 Å². The molecule has 0 unspecified atom stereocenters. The van der Waals surface area contributed by atoms with Crippen LogP contribution < -0.4 is 0 Å². The molecule has 4 nitrogen and oxygen atoms in total. The minimum atomic E-state index is -0.181. The number of nitriles is 1. The standard InChI is InChI=1S/C10H10BrN3O/c1-2-14(7-5-12)10(15)8-4-3-6-13-9(8)11/h3-4,6H,2,7H2,1H3. The van der Waals surface area contributed by atoms with Gasteiger partial charge in [-0.15, -0.1) is 0 Å².